The number of halogens is 1. The number of thiocarbonyl (C=S) groups is 1. The summed E-state index contributed by atoms with van der Waals surface area (Å²) in [6.45, 7) is 1.48. The number of carbonyl (C=O) groups excluding carboxylic acids is 2. The van der Waals surface area contributed by atoms with E-state index in [1.165, 1.54) is 23.6 Å². The molecule has 0 atom stereocenters. The lowest BCUT2D eigenvalue weighted by molar-refractivity contribution is -0.113. The van der Waals surface area contributed by atoms with Crippen molar-refractivity contribution >= 4 is 67.7 Å². The Morgan fingerprint density at radius 2 is 2.13 bits per heavy atom. The van der Waals surface area contributed by atoms with E-state index < -0.39 is 0 Å². The van der Waals surface area contributed by atoms with E-state index in [-0.39, 0.29) is 11.7 Å². The molecule has 2 aromatic rings. The van der Waals surface area contributed by atoms with Crippen LogP contribution in [0.2, 0.25) is 0 Å². The number of Topliss-reactive ketones (excluding diaryl/α,β-unsaturated/α-hetero) is 1. The standard InChI is InChI=1S/C16H10BrNO3S2/c1-9(19)10-3-2-4-11(7-10)18-15(20)13(23-16(18)22)8-12-5-6-14(17)21-12/h2-8H,1H3. The second kappa shape index (κ2) is 6.43. The lowest BCUT2D eigenvalue weighted by atomic mass is 10.1. The van der Waals surface area contributed by atoms with Gasteiger partial charge in [0.05, 0.1) is 10.6 Å². The average Bonchev–Trinajstić information content (AvgIpc) is 3.03. The quantitative estimate of drug-likeness (QED) is 0.421. The number of rotatable bonds is 3. The number of anilines is 1. The lowest BCUT2D eigenvalue weighted by Crippen LogP contribution is -2.27. The first-order valence-corrected chi connectivity index (χ1v) is 8.62. The summed E-state index contributed by atoms with van der Waals surface area (Å²) in [6, 6.07) is 10.4. The summed E-state index contributed by atoms with van der Waals surface area (Å²) in [5.41, 5.74) is 1.12. The molecule has 1 saturated heterocycles. The molecular weight excluding hydrogens is 398 g/mol. The molecule has 0 unspecified atom stereocenters. The minimum Gasteiger partial charge on any atom is -0.450 e. The number of benzene rings is 1. The van der Waals surface area contributed by atoms with Crippen LogP contribution in [0, 0.1) is 0 Å². The third-order valence-corrected chi connectivity index (χ3v) is 4.90. The summed E-state index contributed by atoms with van der Waals surface area (Å²) in [4.78, 5) is 26.0. The van der Waals surface area contributed by atoms with Gasteiger partial charge in [0, 0.05) is 11.6 Å². The van der Waals surface area contributed by atoms with Crippen molar-refractivity contribution in [2.75, 3.05) is 4.90 Å². The van der Waals surface area contributed by atoms with Gasteiger partial charge in [0.25, 0.3) is 5.91 Å². The summed E-state index contributed by atoms with van der Waals surface area (Å²) < 4.78 is 6.40. The zero-order valence-electron chi connectivity index (χ0n) is 11.9. The van der Waals surface area contributed by atoms with Crippen LogP contribution >= 0.6 is 39.9 Å². The molecule has 0 N–H and O–H groups in total. The molecule has 2 heterocycles. The molecule has 1 amide bonds. The molecule has 0 saturated carbocycles. The number of amides is 1. The molecule has 1 aromatic heterocycles. The summed E-state index contributed by atoms with van der Waals surface area (Å²) in [5, 5.41) is 0. The van der Waals surface area contributed by atoms with Gasteiger partial charge in [-0.3, -0.25) is 14.5 Å². The summed E-state index contributed by atoms with van der Waals surface area (Å²) >= 11 is 9.74. The molecule has 0 bridgehead atoms. The van der Waals surface area contributed by atoms with Crippen molar-refractivity contribution in [2.24, 2.45) is 0 Å². The Balaban J connectivity index is 1.94. The van der Waals surface area contributed by atoms with Crippen LogP contribution in [-0.2, 0) is 4.79 Å². The Labute approximate surface area is 150 Å². The molecule has 116 valence electrons. The van der Waals surface area contributed by atoms with Gasteiger partial charge in [-0.1, -0.05) is 36.1 Å². The van der Waals surface area contributed by atoms with Crippen LogP contribution in [0.3, 0.4) is 0 Å². The number of hydrogen-bond acceptors (Lipinski definition) is 5. The molecule has 7 heteroatoms. The van der Waals surface area contributed by atoms with E-state index in [9.17, 15) is 9.59 Å². The fourth-order valence-electron chi connectivity index (χ4n) is 2.09. The predicted molar refractivity (Wildman–Crippen MR) is 98.5 cm³/mol. The van der Waals surface area contributed by atoms with Crippen molar-refractivity contribution in [1.82, 2.24) is 0 Å². The Kier molecular flexibility index (Phi) is 4.52. The van der Waals surface area contributed by atoms with Crippen molar-refractivity contribution in [2.45, 2.75) is 6.92 Å². The maximum atomic E-state index is 12.6. The Morgan fingerprint density at radius 3 is 2.78 bits per heavy atom. The summed E-state index contributed by atoms with van der Waals surface area (Å²) in [7, 11) is 0. The van der Waals surface area contributed by atoms with Gasteiger partial charge in [0.2, 0.25) is 0 Å². The molecule has 1 aliphatic rings. The second-order valence-corrected chi connectivity index (χ2v) is 7.22. The summed E-state index contributed by atoms with van der Waals surface area (Å²) in [6.07, 6.45) is 1.65. The van der Waals surface area contributed by atoms with E-state index >= 15 is 0 Å². The van der Waals surface area contributed by atoms with Gasteiger partial charge in [-0.2, -0.15) is 0 Å². The Morgan fingerprint density at radius 1 is 1.35 bits per heavy atom. The van der Waals surface area contributed by atoms with Crippen molar-refractivity contribution in [1.29, 1.82) is 0 Å². The maximum absolute atomic E-state index is 12.6. The molecular formula is C16H10BrNO3S2. The van der Waals surface area contributed by atoms with Crippen LogP contribution in [0.15, 0.2) is 50.4 Å². The van der Waals surface area contributed by atoms with Crippen LogP contribution in [-0.4, -0.2) is 16.0 Å². The normalized spacial score (nSPS) is 16.4. The first-order valence-electron chi connectivity index (χ1n) is 6.60. The van der Waals surface area contributed by atoms with Crippen LogP contribution < -0.4 is 4.90 Å². The SMILES string of the molecule is CC(=O)c1cccc(N2C(=O)C(=Cc3ccc(Br)o3)SC2=S)c1. The zero-order chi connectivity index (χ0) is 16.6. The molecule has 1 aromatic carbocycles. The van der Waals surface area contributed by atoms with Crippen molar-refractivity contribution in [3.05, 3.63) is 57.3 Å². The zero-order valence-corrected chi connectivity index (χ0v) is 15.1. The van der Waals surface area contributed by atoms with Gasteiger partial charge >= 0.3 is 0 Å². The second-order valence-electron chi connectivity index (χ2n) is 4.77. The summed E-state index contributed by atoms with van der Waals surface area (Å²) in [5.74, 6) is 0.274. The molecule has 23 heavy (non-hydrogen) atoms. The van der Waals surface area contributed by atoms with E-state index in [1.54, 1.807) is 42.5 Å². The fourth-order valence-corrected chi connectivity index (χ4v) is 3.69. The monoisotopic (exact) mass is 407 g/mol. The van der Waals surface area contributed by atoms with Gasteiger partial charge in [0.15, 0.2) is 14.8 Å². The van der Waals surface area contributed by atoms with E-state index in [1.807, 2.05) is 0 Å². The highest BCUT2D eigenvalue weighted by Gasteiger charge is 2.33. The first-order chi connectivity index (χ1) is 11.0. The molecule has 3 rings (SSSR count). The van der Waals surface area contributed by atoms with Crippen molar-refractivity contribution in [3.8, 4) is 0 Å². The fraction of sp³-hybridized carbons (Fsp3) is 0.0625. The van der Waals surface area contributed by atoms with Crippen molar-refractivity contribution in [3.63, 3.8) is 0 Å². The number of carbonyl (C=O) groups is 2. The average molecular weight is 408 g/mol. The molecule has 0 radical (unpaired) electrons. The van der Waals surface area contributed by atoms with Crippen LogP contribution in [0.5, 0.6) is 0 Å². The van der Waals surface area contributed by atoms with Crippen LogP contribution in [0.4, 0.5) is 5.69 Å². The van der Waals surface area contributed by atoms with Gasteiger partial charge in [-0.25, -0.2) is 0 Å². The van der Waals surface area contributed by atoms with E-state index in [0.29, 0.717) is 30.9 Å². The number of hydrogen-bond donors (Lipinski definition) is 0. The highest BCUT2D eigenvalue weighted by molar-refractivity contribution is 9.10. The van der Waals surface area contributed by atoms with Crippen molar-refractivity contribution < 1.29 is 14.0 Å². The van der Waals surface area contributed by atoms with Crippen LogP contribution in [0.1, 0.15) is 23.0 Å². The minimum absolute atomic E-state index is 0.0618. The minimum atomic E-state index is -0.228. The molecule has 1 fully saturated rings. The number of nitrogens with zero attached hydrogens (tertiary/aromatic N) is 1. The van der Waals surface area contributed by atoms with Gasteiger partial charge in [-0.05, 0) is 47.1 Å². The van der Waals surface area contributed by atoms with E-state index in [4.69, 9.17) is 16.6 Å². The number of furan rings is 1. The van der Waals surface area contributed by atoms with E-state index in [2.05, 4.69) is 15.9 Å². The molecule has 1 aliphatic heterocycles. The number of thioether (sulfide) groups is 1. The molecule has 0 spiro atoms. The molecule has 0 aliphatic carbocycles. The third-order valence-electron chi connectivity index (χ3n) is 3.17. The largest absolute Gasteiger partial charge is 0.450 e. The smallest absolute Gasteiger partial charge is 0.270 e. The first kappa shape index (κ1) is 16.2. The molecule has 4 nitrogen and oxygen atoms in total. The Hall–Kier alpha value is -1.70. The highest BCUT2D eigenvalue weighted by Crippen LogP contribution is 2.36. The lowest BCUT2D eigenvalue weighted by Gasteiger charge is -2.15. The predicted octanol–water partition coefficient (Wildman–Crippen LogP) is 4.65. The van der Waals surface area contributed by atoms with Crippen LogP contribution in [0.25, 0.3) is 6.08 Å². The topological polar surface area (TPSA) is 50.5 Å². The Bertz CT molecular complexity index is 857. The van der Waals surface area contributed by atoms with Gasteiger partial charge in [-0.15, -0.1) is 0 Å². The maximum Gasteiger partial charge on any atom is 0.270 e. The van der Waals surface area contributed by atoms with E-state index in [0.717, 1.165) is 0 Å². The third kappa shape index (κ3) is 3.31. The number of ketones is 1. The van der Waals surface area contributed by atoms with Gasteiger partial charge < -0.3 is 4.42 Å². The highest BCUT2D eigenvalue weighted by atomic mass is 79.9. The van der Waals surface area contributed by atoms with Gasteiger partial charge in [0.1, 0.15) is 5.76 Å².